The van der Waals surface area contributed by atoms with E-state index in [4.69, 9.17) is 0 Å². The molecular formula is C17H24N4OS2. The largest absolute Gasteiger partial charge is 0.342 e. The van der Waals surface area contributed by atoms with Gasteiger partial charge in [-0.2, -0.15) is 5.10 Å². The summed E-state index contributed by atoms with van der Waals surface area (Å²) in [5, 5.41) is 9.60. The standard InChI is InChI=1S/C17H24N4OS2/c1-11(2)14-8-15(20-19-14)13-4-6-21(7-5-13)16(22)10-24-17-18-12(3)9-23-17/h8-9,11,13H,4-7,10H2,1-3H3,(H,19,20). The SMILES string of the molecule is Cc1csc(SCC(=O)N2CCC(c3cc(C(C)C)n[nH]3)CC2)n1. The number of nitrogens with zero attached hydrogens (tertiary/aromatic N) is 3. The number of thiazole rings is 1. The van der Waals surface area contributed by atoms with Crippen LogP contribution in [0.1, 0.15) is 55.6 Å². The van der Waals surface area contributed by atoms with Crippen molar-refractivity contribution in [1.82, 2.24) is 20.1 Å². The summed E-state index contributed by atoms with van der Waals surface area (Å²) in [5.74, 6) is 1.64. The Morgan fingerprint density at radius 2 is 2.21 bits per heavy atom. The zero-order valence-corrected chi connectivity index (χ0v) is 16.0. The monoisotopic (exact) mass is 364 g/mol. The predicted octanol–water partition coefficient (Wildman–Crippen LogP) is 3.80. The van der Waals surface area contributed by atoms with Gasteiger partial charge in [-0.3, -0.25) is 9.89 Å². The van der Waals surface area contributed by atoms with Crippen molar-refractivity contribution < 1.29 is 4.79 Å². The molecule has 2 aromatic rings. The Morgan fingerprint density at radius 1 is 1.46 bits per heavy atom. The average Bonchev–Trinajstić information content (AvgIpc) is 3.22. The van der Waals surface area contributed by atoms with E-state index in [0.29, 0.717) is 17.6 Å². The molecule has 0 saturated carbocycles. The minimum Gasteiger partial charge on any atom is -0.342 e. The zero-order chi connectivity index (χ0) is 17.1. The molecule has 1 N–H and O–H groups in total. The first-order valence-electron chi connectivity index (χ1n) is 8.41. The number of nitrogens with one attached hydrogen (secondary N) is 1. The van der Waals surface area contributed by atoms with Gasteiger partial charge in [0.15, 0.2) is 4.34 Å². The van der Waals surface area contributed by atoms with Crippen molar-refractivity contribution in [2.75, 3.05) is 18.8 Å². The Labute approximate surface area is 151 Å². The van der Waals surface area contributed by atoms with Gasteiger partial charge in [0.1, 0.15) is 0 Å². The fraction of sp³-hybridized carbons (Fsp3) is 0.588. The molecule has 1 saturated heterocycles. The summed E-state index contributed by atoms with van der Waals surface area (Å²) in [5.41, 5.74) is 3.37. The highest BCUT2D eigenvalue weighted by Crippen LogP contribution is 2.29. The minimum atomic E-state index is 0.221. The lowest BCUT2D eigenvalue weighted by Crippen LogP contribution is -2.39. The molecule has 0 aromatic carbocycles. The van der Waals surface area contributed by atoms with Crippen molar-refractivity contribution in [1.29, 1.82) is 0 Å². The normalized spacial score (nSPS) is 16.1. The molecule has 3 rings (SSSR count). The third kappa shape index (κ3) is 4.19. The number of piperidine rings is 1. The Morgan fingerprint density at radius 3 is 2.79 bits per heavy atom. The molecule has 0 spiro atoms. The summed E-state index contributed by atoms with van der Waals surface area (Å²) < 4.78 is 0.981. The summed E-state index contributed by atoms with van der Waals surface area (Å²) in [6.45, 7) is 7.95. The van der Waals surface area contributed by atoms with Gasteiger partial charge < -0.3 is 4.90 Å². The number of likely N-dealkylation sites (tertiary alicyclic amines) is 1. The second-order valence-corrected chi connectivity index (χ2v) is 8.68. The third-order valence-corrected chi connectivity index (χ3v) is 6.54. The van der Waals surface area contributed by atoms with E-state index in [1.54, 1.807) is 23.1 Å². The van der Waals surface area contributed by atoms with Crippen LogP contribution in [0.2, 0.25) is 0 Å². The van der Waals surface area contributed by atoms with Gasteiger partial charge in [0.25, 0.3) is 0 Å². The van der Waals surface area contributed by atoms with E-state index >= 15 is 0 Å². The van der Waals surface area contributed by atoms with Crippen LogP contribution in [-0.4, -0.2) is 44.8 Å². The number of aryl methyl sites for hydroxylation is 1. The molecule has 0 aliphatic carbocycles. The number of hydrogen-bond donors (Lipinski definition) is 1. The molecule has 7 heteroatoms. The first kappa shape index (κ1) is 17.5. The van der Waals surface area contributed by atoms with Gasteiger partial charge in [-0.25, -0.2) is 4.98 Å². The fourth-order valence-electron chi connectivity index (χ4n) is 2.91. The minimum absolute atomic E-state index is 0.221. The van der Waals surface area contributed by atoms with Gasteiger partial charge in [0.05, 0.1) is 11.4 Å². The van der Waals surface area contributed by atoms with Crippen molar-refractivity contribution in [2.45, 2.75) is 49.8 Å². The highest BCUT2D eigenvalue weighted by Gasteiger charge is 2.25. The third-order valence-electron chi connectivity index (χ3n) is 4.41. The molecule has 3 heterocycles. The van der Waals surface area contributed by atoms with Crippen molar-refractivity contribution in [3.63, 3.8) is 0 Å². The van der Waals surface area contributed by atoms with E-state index in [9.17, 15) is 4.79 Å². The number of H-pyrrole nitrogens is 1. The number of carbonyl (C=O) groups is 1. The number of aromatic amines is 1. The number of hydrogen-bond acceptors (Lipinski definition) is 5. The molecular weight excluding hydrogens is 340 g/mol. The molecule has 2 aromatic heterocycles. The van der Waals surface area contributed by atoms with E-state index in [2.05, 4.69) is 35.1 Å². The zero-order valence-electron chi connectivity index (χ0n) is 14.4. The molecule has 1 aliphatic rings. The molecule has 5 nitrogen and oxygen atoms in total. The Balaban J connectivity index is 1.48. The maximum atomic E-state index is 12.4. The lowest BCUT2D eigenvalue weighted by Gasteiger charge is -2.31. The highest BCUT2D eigenvalue weighted by molar-refractivity contribution is 8.01. The Kier molecular flexibility index (Phi) is 5.61. The van der Waals surface area contributed by atoms with Crippen LogP contribution in [-0.2, 0) is 4.79 Å². The lowest BCUT2D eigenvalue weighted by molar-refractivity contribution is -0.129. The summed E-state index contributed by atoms with van der Waals surface area (Å²) in [4.78, 5) is 18.8. The molecule has 0 atom stereocenters. The van der Waals surface area contributed by atoms with Gasteiger partial charge in [-0.1, -0.05) is 25.6 Å². The van der Waals surface area contributed by atoms with Crippen molar-refractivity contribution in [3.8, 4) is 0 Å². The summed E-state index contributed by atoms with van der Waals surface area (Å²) in [7, 11) is 0. The molecule has 1 aliphatic heterocycles. The van der Waals surface area contributed by atoms with Crippen LogP contribution in [0.4, 0.5) is 0 Å². The molecule has 1 fully saturated rings. The lowest BCUT2D eigenvalue weighted by atomic mass is 9.93. The molecule has 0 unspecified atom stereocenters. The molecule has 0 radical (unpaired) electrons. The van der Waals surface area contributed by atoms with Gasteiger partial charge in [-0.15, -0.1) is 11.3 Å². The molecule has 0 bridgehead atoms. The maximum absolute atomic E-state index is 12.4. The summed E-state index contributed by atoms with van der Waals surface area (Å²) in [6, 6.07) is 2.19. The van der Waals surface area contributed by atoms with Crippen LogP contribution >= 0.6 is 23.1 Å². The van der Waals surface area contributed by atoms with Gasteiger partial charge in [0.2, 0.25) is 5.91 Å². The second-order valence-electron chi connectivity index (χ2n) is 6.60. The van der Waals surface area contributed by atoms with Crippen molar-refractivity contribution in [2.24, 2.45) is 0 Å². The van der Waals surface area contributed by atoms with Crippen LogP contribution in [0.3, 0.4) is 0 Å². The van der Waals surface area contributed by atoms with Crippen molar-refractivity contribution in [3.05, 3.63) is 28.5 Å². The van der Waals surface area contributed by atoms with E-state index in [-0.39, 0.29) is 5.91 Å². The number of rotatable bonds is 5. The van der Waals surface area contributed by atoms with Crippen molar-refractivity contribution >= 4 is 29.0 Å². The molecule has 1 amide bonds. The quantitative estimate of drug-likeness (QED) is 0.820. The summed E-state index contributed by atoms with van der Waals surface area (Å²) in [6.07, 6.45) is 2.01. The highest BCUT2D eigenvalue weighted by atomic mass is 32.2. The van der Waals surface area contributed by atoms with Crippen LogP contribution in [0.5, 0.6) is 0 Å². The summed E-state index contributed by atoms with van der Waals surface area (Å²) >= 11 is 3.16. The van der Waals surface area contributed by atoms with Gasteiger partial charge >= 0.3 is 0 Å². The van der Waals surface area contributed by atoms with E-state index < -0.39 is 0 Å². The Hall–Kier alpha value is -1.34. The van der Waals surface area contributed by atoms with E-state index in [0.717, 1.165) is 41.7 Å². The average molecular weight is 365 g/mol. The van der Waals surface area contributed by atoms with Crippen LogP contribution < -0.4 is 0 Å². The second kappa shape index (κ2) is 7.70. The predicted molar refractivity (Wildman–Crippen MR) is 98.8 cm³/mol. The van der Waals surface area contributed by atoms with E-state index in [1.165, 1.54) is 5.69 Å². The smallest absolute Gasteiger partial charge is 0.233 e. The van der Waals surface area contributed by atoms with Crippen LogP contribution in [0.15, 0.2) is 15.8 Å². The van der Waals surface area contributed by atoms with Crippen LogP contribution in [0, 0.1) is 6.92 Å². The topological polar surface area (TPSA) is 61.9 Å². The number of thioether (sulfide) groups is 1. The van der Waals surface area contributed by atoms with Crippen LogP contribution in [0.25, 0.3) is 0 Å². The van der Waals surface area contributed by atoms with Gasteiger partial charge in [-0.05, 0) is 31.7 Å². The Bertz CT molecular complexity index is 686. The molecule has 130 valence electrons. The maximum Gasteiger partial charge on any atom is 0.233 e. The number of carbonyl (C=O) groups excluding carboxylic acids is 1. The van der Waals surface area contributed by atoms with E-state index in [1.807, 2.05) is 17.2 Å². The molecule has 24 heavy (non-hydrogen) atoms. The first-order chi connectivity index (χ1) is 11.5. The van der Waals surface area contributed by atoms with Gasteiger partial charge in [0, 0.05) is 35.8 Å². The number of amides is 1. The number of aromatic nitrogens is 3. The first-order valence-corrected chi connectivity index (χ1v) is 10.3. The fourth-order valence-corrected chi connectivity index (χ4v) is 4.66.